The summed E-state index contributed by atoms with van der Waals surface area (Å²) in [6.07, 6.45) is -7.19. The summed E-state index contributed by atoms with van der Waals surface area (Å²) in [5.74, 6) is -1.39. The lowest BCUT2D eigenvalue weighted by atomic mass is 9.99. The van der Waals surface area contributed by atoms with Crippen LogP contribution in [0.2, 0.25) is 0 Å². The lowest BCUT2D eigenvalue weighted by molar-refractivity contribution is -0.304. The van der Waals surface area contributed by atoms with Gasteiger partial charge in [-0.15, -0.1) is 0 Å². The Hall–Kier alpha value is -1.75. The topological polar surface area (TPSA) is 157 Å². The lowest BCUT2D eigenvalue weighted by Crippen LogP contribution is -2.59. The van der Waals surface area contributed by atoms with Crippen LogP contribution in [0.3, 0.4) is 0 Å². The van der Waals surface area contributed by atoms with Crippen molar-refractivity contribution >= 4 is 5.97 Å². The normalized spacial score (nSPS) is 31.0. The standard InChI is InChI=1S/C14H18O9/c15-4-9-10(17)11(18)12(19)14(23-9)22-5-6-3-7(16)1-2-8(6)13(20)21/h1-3,9-12,14-19H,4-5H2,(H,20,21). The van der Waals surface area contributed by atoms with E-state index in [9.17, 15) is 25.2 Å². The zero-order valence-electron chi connectivity index (χ0n) is 11.9. The molecule has 5 atom stereocenters. The SMILES string of the molecule is O=C(O)c1ccc(O)cc1COC1OC(CO)C(O)C(O)C1O. The minimum atomic E-state index is -1.59. The number of hydrogen-bond donors (Lipinski definition) is 6. The van der Waals surface area contributed by atoms with Crippen LogP contribution in [0.5, 0.6) is 5.75 Å². The molecule has 9 heteroatoms. The summed E-state index contributed by atoms with van der Waals surface area (Å²) in [5, 5.41) is 56.7. The van der Waals surface area contributed by atoms with Crippen LogP contribution in [0.4, 0.5) is 0 Å². The molecular weight excluding hydrogens is 312 g/mol. The lowest BCUT2D eigenvalue weighted by Gasteiger charge is -2.39. The predicted octanol–water partition coefficient (Wildman–Crippen LogP) is -1.59. The van der Waals surface area contributed by atoms with Crippen LogP contribution < -0.4 is 0 Å². The van der Waals surface area contributed by atoms with Crippen molar-refractivity contribution in [1.29, 1.82) is 0 Å². The maximum Gasteiger partial charge on any atom is 0.336 e. The summed E-state index contributed by atoms with van der Waals surface area (Å²) in [7, 11) is 0. The second-order valence-corrected chi connectivity index (χ2v) is 5.15. The van der Waals surface area contributed by atoms with Crippen molar-refractivity contribution in [3.8, 4) is 5.75 Å². The fourth-order valence-corrected chi connectivity index (χ4v) is 2.29. The van der Waals surface area contributed by atoms with Gasteiger partial charge in [0.2, 0.25) is 0 Å². The minimum absolute atomic E-state index is 0.104. The third kappa shape index (κ3) is 3.78. The number of aromatic hydroxyl groups is 1. The molecule has 128 valence electrons. The molecule has 5 unspecified atom stereocenters. The van der Waals surface area contributed by atoms with Crippen molar-refractivity contribution in [3.05, 3.63) is 29.3 Å². The molecule has 0 spiro atoms. The minimum Gasteiger partial charge on any atom is -0.508 e. The number of rotatable bonds is 5. The smallest absolute Gasteiger partial charge is 0.336 e. The molecule has 1 aliphatic heterocycles. The van der Waals surface area contributed by atoms with Gasteiger partial charge in [0.05, 0.1) is 18.8 Å². The van der Waals surface area contributed by atoms with E-state index in [1.54, 1.807) is 0 Å². The summed E-state index contributed by atoms with van der Waals surface area (Å²) in [5.41, 5.74) is 0.0295. The van der Waals surface area contributed by atoms with Crippen molar-refractivity contribution in [2.24, 2.45) is 0 Å². The Bertz CT molecular complexity index is 559. The van der Waals surface area contributed by atoms with Crippen molar-refractivity contribution < 1.29 is 44.9 Å². The summed E-state index contributed by atoms with van der Waals surface area (Å²) < 4.78 is 10.4. The number of carboxylic acid groups (broad SMARTS) is 1. The number of carboxylic acids is 1. The van der Waals surface area contributed by atoms with E-state index in [4.69, 9.17) is 19.7 Å². The second kappa shape index (κ2) is 7.21. The maximum absolute atomic E-state index is 11.1. The summed E-state index contributed by atoms with van der Waals surface area (Å²) >= 11 is 0. The number of aliphatic hydroxyl groups excluding tert-OH is 4. The van der Waals surface area contributed by atoms with Crippen LogP contribution in [0, 0.1) is 0 Å². The Labute approximate surface area is 130 Å². The monoisotopic (exact) mass is 330 g/mol. The van der Waals surface area contributed by atoms with Crippen LogP contribution in [0.25, 0.3) is 0 Å². The summed E-state index contributed by atoms with van der Waals surface area (Å²) in [4.78, 5) is 11.1. The summed E-state index contributed by atoms with van der Waals surface area (Å²) in [6, 6.07) is 3.60. The molecule has 9 nitrogen and oxygen atoms in total. The average molecular weight is 330 g/mol. The van der Waals surface area contributed by atoms with Gasteiger partial charge in [0.15, 0.2) is 6.29 Å². The van der Waals surface area contributed by atoms with Crippen molar-refractivity contribution in [2.75, 3.05) is 6.61 Å². The molecule has 0 aromatic heterocycles. The van der Waals surface area contributed by atoms with E-state index in [2.05, 4.69) is 0 Å². The molecule has 1 heterocycles. The maximum atomic E-state index is 11.1. The van der Waals surface area contributed by atoms with Crippen molar-refractivity contribution in [2.45, 2.75) is 37.3 Å². The zero-order valence-corrected chi connectivity index (χ0v) is 11.9. The van der Waals surface area contributed by atoms with Crippen LogP contribution in [0.1, 0.15) is 15.9 Å². The molecule has 2 rings (SSSR count). The van der Waals surface area contributed by atoms with Crippen LogP contribution >= 0.6 is 0 Å². The third-order valence-corrected chi connectivity index (χ3v) is 3.57. The van der Waals surface area contributed by atoms with Crippen LogP contribution in [0.15, 0.2) is 18.2 Å². The first-order valence-electron chi connectivity index (χ1n) is 6.82. The van der Waals surface area contributed by atoms with Gasteiger partial charge in [0, 0.05) is 0 Å². The van der Waals surface area contributed by atoms with Crippen molar-refractivity contribution in [3.63, 3.8) is 0 Å². The molecule has 1 fully saturated rings. The number of carbonyl (C=O) groups is 1. The fourth-order valence-electron chi connectivity index (χ4n) is 2.29. The van der Waals surface area contributed by atoms with E-state index in [-0.39, 0.29) is 23.5 Å². The Morgan fingerprint density at radius 2 is 1.87 bits per heavy atom. The number of aromatic carboxylic acids is 1. The highest BCUT2D eigenvalue weighted by atomic mass is 16.7. The Balaban J connectivity index is 2.11. The Morgan fingerprint density at radius 3 is 2.48 bits per heavy atom. The van der Waals surface area contributed by atoms with Gasteiger partial charge < -0.3 is 40.1 Å². The van der Waals surface area contributed by atoms with Gasteiger partial charge in [-0.25, -0.2) is 4.79 Å². The van der Waals surface area contributed by atoms with E-state index in [1.165, 1.54) is 18.2 Å². The zero-order chi connectivity index (χ0) is 17.1. The number of benzene rings is 1. The number of phenols is 1. The van der Waals surface area contributed by atoms with E-state index in [1.807, 2.05) is 0 Å². The molecule has 1 saturated heterocycles. The third-order valence-electron chi connectivity index (χ3n) is 3.57. The Kier molecular flexibility index (Phi) is 5.52. The van der Waals surface area contributed by atoms with E-state index >= 15 is 0 Å². The fraction of sp³-hybridized carbons (Fsp3) is 0.500. The number of hydrogen-bond acceptors (Lipinski definition) is 8. The van der Waals surface area contributed by atoms with E-state index in [0.717, 1.165) is 0 Å². The molecule has 0 amide bonds. The number of phenolic OH excluding ortho intramolecular Hbond substituents is 1. The average Bonchev–Trinajstić information content (AvgIpc) is 2.52. The van der Waals surface area contributed by atoms with Gasteiger partial charge >= 0.3 is 5.97 Å². The van der Waals surface area contributed by atoms with Gasteiger partial charge in [-0.2, -0.15) is 0 Å². The van der Waals surface area contributed by atoms with Gasteiger partial charge in [-0.1, -0.05) is 0 Å². The molecule has 0 saturated carbocycles. The molecule has 23 heavy (non-hydrogen) atoms. The van der Waals surface area contributed by atoms with Crippen LogP contribution in [-0.4, -0.2) is 73.9 Å². The largest absolute Gasteiger partial charge is 0.508 e. The first-order valence-corrected chi connectivity index (χ1v) is 6.82. The first kappa shape index (κ1) is 17.6. The highest BCUT2D eigenvalue weighted by Gasteiger charge is 2.44. The molecule has 1 aliphatic rings. The number of ether oxygens (including phenoxy) is 2. The molecular formula is C14H18O9. The molecule has 0 radical (unpaired) electrons. The number of aliphatic hydroxyl groups is 4. The molecule has 1 aromatic carbocycles. The molecule has 0 bridgehead atoms. The molecule has 1 aromatic rings. The first-order chi connectivity index (χ1) is 10.8. The van der Waals surface area contributed by atoms with Gasteiger partial charge in [0.1, 0.15) is 30.2 Å². The molecule has 6 N–H and O–H groups in total. The van der Waals surface area contributed by atoms with Gasteiger partial charge in [-0.05, 0) is 23.8 Å². The van der Waals surface area contributed by atoms with E-state index < -0.39 is 43.3 Å². The highest BCUT2D eigenvalue weighted by Crippen LogP contribution is 2.24. The predicted molar refractivity (Wildman–Crippen MR) is 73.6 cm³/mol. The quantitative estimate of drug-likeness (QED) is 0.374. The van der Waals surface area contributed by atoms with Gasteiger partial charge in [-0.3, -0.25) is 0 Å². The van der Waals surface area contributed by atoms with E-state index in [0.29, 0.717) is 0 Å². The van der Waals surface area contributed by atoms with Gasteiger partial charge in [0.25, 0.3) is 0 Å². The van der Waals surface area contributed by atoms with Crippen LogP contribution in [-0.2, 0) is 16.1 Å². The summed E-state index contributed by atoms with van der Waals surface area (Å²) in [6.45, 7) is -0.934. The second-order valence-electron chi connectivity index (χ2n) is 5.15. The van der Waals surface area contributed by atoms with Crippen molar-refractivity contribution in [1.82, 2.24) is 0 Å². The Morgan fingerprint density at radius 1 is 1.17 bits per heavy atom. The molecule has 0 aliphatic carbocycles. The highest BCUT2D eigenvalue weighted by molar-refractivity contribution is 5.89.